The molecule has 19 heavy (non-hydrogen) atoms. The molecule has 0 saturated heterocycles. The molecule has 1 aromatic carbocycles. The van der Waals surface area contributed by atoms with Gasteiger partial charge in [0.15, 0.2) is 0 Å². The Kier molecular flexibility index (Phi) is 6.99. The molecule has 0 heterocycles. The zero-order valence-electron chi connectivity index (χ0n) is 11.8. The summed E-state index contributed by atoms with van der Waals surface area (Å²) in [6.45, 7) is 3.28. The number of aryl methyl sites for hydroxylation is 1. The fourth-order valence-electron chi connectivity index (χ4n) is 1.93. The predicted octanol–water partition coefficient (Wildman–Crippen LogP) is 2.82. The van der Waals surface area contributed by atoms with Gasteiger partial charge in [0.2, 0.25) is 0 Å². The first-order valence-corrected chi connectivity index (χ1v) is 6.79. The highest BCUT2D eigenvalue weighted by atomic mass is 35.5. The van der Waals surface area contributed by atoms with Crippen LogP contribution in [0.2, 0.25) is 5.02 Å². The van der Waals surface area contributed by atoms with Gasteiger partial charge in [0.1, 0.15) is 5.75 Å². The van der Waals surface area contributed by atoms with Gasteiger partial charge in [-0.15, -0.1) is 0 Å². The molecular formula is C14H23ClN2O2. The number of ether oxygens (including phenoxy) is 2. The standard InChI is InChI=1S/C14H23ClN2O2/c1-10-7-13(14(19-3)8-12(10)15)17-11(9-18-2)5-4-6-16/h7-8,11,17H,4-6,9,16H2,1-3H3. The molecule has 1 unspecified atom stereocenters. The van der Waals surface area contributed by atoms with Crippen LogP contribution in [0, 0.1) is 6.92 Å². The summed E-state index contributed by atoms with van der Waals surface area (Å²) in [5.74, 6) is 0.740. The molecule has 4 nitrogen and oxygen atoms in total. The Labute approximate surface area is 120 Å². The molecule has 108 valence electrons. The van der Waals surface area contributed by atoms with E-state index in [4.69, 9.17) is 26.8 Å². The van der Waals surface area contributed by atoms with E-state index in [2.05, 4.69) is 5.32 Å². The average Bonchev–Trinajstić information content (AvgIpc) is 2.40. The number of methoxy groups -OCH3 is 2. The second-order valence-electron chi connectivity index (χ2n) is 4.53. The van der Waals surface area contributed by atoms with Gasteiger partial charge in [-0.3, -0.25) is 0 Å². The van der Waals surface area contributed by atoms with Gasteiger partial charge in [-0.05, 0) is 37.9 Å². The third kappa shape index (κ3) is 4.90. The topological polar surface area (TPSA) is 56.5 Å². The van der Waals surface area contributed by atoms with Crippen molar-refractivity contribution in [1.82, 2.24) is 0 Å². The van der Waals surface area contributed by atoms with Crippen LogP contribution in [-0.2, 0) is 4.74 Å². The summed E-state index contributed by atoms with van der Waals surface area (Å²) in [6, 6.07) is 4.03. The van der Waals surface area contributed by atoms with Crippen molar-refractivity contribution in [1.29, 1.82) is 0 Å². The zero-order chi connectivity index (χ0) is 14.3. The lowest BCUT2D eigenvalue weighted by atomic mass is 10.1. The van der Waals surface area contributed by atoms with E-state index in [1.807, 2.05) is 19.1 Å². The van der Waals surface area contributed by atoms with E-state index in [9.17, 15) is 0 Å². The molecule has 0 aliphatic carbocycles. The minimum Gasteiger partial charge on any atom is -0.495 e. The summed E-state index contributed by atoms with van der Waals surface area (Å²) in [7, 11) is 3.33. The Balaban J connectivity index is 2.84. The maximum atomic E-state index is 6.10. The van der Waals surface area contributed by atoms with E-state index in [0.29, 0.717) is 18.2 Å². The smallest absolute Gasteiger partial charge is 0.143 e. The number of nitrogens with two attached hydrogens (primary N) is 1. The largest absolute Gasteiger partial charge is 0.495 e. The van der Waals surface area contributed by atoms with Crippen molar-refractivity contribution >= 4 is 17.3 Å². The van der Waals surface area contributed by atoms with Crippen LogP contribution in [0.5, 0.6) is 5.75 Å². The molecule has 0 bridgehead atoms. The van der Waals surface area contributed by atoms with E-state index < -0.39 is 0 Å². The minimum atomic E-state index is 0.211. The van der Waals surface area contributed by atoms with E-state index >= 15 is 0 Å². The summed E-state index contributed by atoms with van der Waals surface area (Å²) in [6.07, 6.45) is 1.91. The molecule has 3 N–H and O–H groups in total. The number of hydrogen-bond acceptors (Lipinski definition) is 4. The molecule has 0 fully saturated rings. The fourth-order valence-corrected chi connectivity index (χ4v) is 2.08. The van der Waals surface area contributed by atoms with Crippen LogP contribution in [0.4, 0.5) is 5.69 Å². The highest BCUT2D eigenvalue weighted by Gasteiger charge is 2.12. The Bertz CT molecular complexity index is 399. The quantitative estimate of drug-likeness (QED) is 0.771. The van der Waals surface area contributed by atoms with Crippen LogP contribution >= 0.6 is 11.6 Å². The van der Waals surface area contributed by atoms with Crippen LogP contribution in [0.25, 0.3) is 0 Å². The molecule has 5 heteroatoms. The van der Waals surface area contributed by atoms with Crippen molar-refractivity contribution in [3.05, 3.63) is 22.7 Å². The summed E-state index contributed by atoms with van der Waals surface area (Å²) in [4.78, 5) is 0. The lowest BCUT2D eigenvalue weighted by Crippen LogP contribution is -2.26. The van der Waals surface area contributed by atoms with Crippen molar-refractivity contribution < 1.29 is 9.47 Å². The molecular weight excluding hydrogens is 264 g/mol. The summed E-state index contributed by atoms with van der Waals surface area (Å²) in [5, 5.41) is 4.14. The predicted molar refractivity (Wildman–Crippen MR) is 80.3 cm³/mol. The number of halogens is 1. The Hall–Kier alpha value is -0.970. The molecule has 0 aliphatic heterocycles. The number of rotatable bonds is 8. The van der Waals surface area contributed by atoms with Crippen LogP contribution in [0.3, 0.4) is 0 Å². The second-order valence-corrected chi connectivity index (χ2v) is 4.94. The first-order valence-electron chi connectivity index (χ1n) is 6.42. The molecule has 0 amide bonds. The first-order chi connectivity index (χ1) is 9.12. The van der Waals surface area contributed by atoms with Gasteiger partial charge in [-0.2, -0.15) is 0 Å². The SMILES string of the molecule is COCC(CCCN)Nc1cc(C)c(Cl)cc1OC. The van der Waals surface area contributed by atoms with Gasteiger partial charge < -0.3 is 20.5 Å². The van der Waals surface area contributed by atoms with E-state index in [1.54, 1.807) is 14.2 Å². The number of benzene rings is 1. The summed E-state index contributed by atoms with van der Waals surface area (Å²) < 4.78 is 10.6. The van der Waals surface area contributed by atoms with Gasteiger partial charge in [0.25, 0.3) is 0 Å². The maximum Gasteiger partial charge on any atom is 0.143 e. The molecule has 0 radical (unpaired) electrons. The van der Waals surface area contributed by atoms with Gasteiger partial charge in [-0.1, -0.05) is 11.6 Å². The monoisotopic (exact) mass is 286 g/mol. The van der Waals surface area contributed by atoms with Crippen LogP contribution in [-0.4, -0.2) is 33.4 Å². The van der Waals surface area contributed by atoms with Crippen molar-refractivity contribution in [2.45, 2.75) is 25.8 Å². The lowest BCUT2D eigenvalue weighted by molar-refractivity contribution is 0.182. The Morgan fingerprint density at radius 2 is 2.11 bits per heavy atom. The van der Waals surface area contributed by atoms with Gasteiger partial charge in [0, 0.05) is 24.2 Å². The highest BCUT2D eigenvalue weighted by Crippen LogP contribution is 2.31. The van der Waals surface area contributed by atoms with Crippen LogP contribution < -0.4 is 15.8 Å². The number of anilines is 1. The maximum absolute atomic E-state index is 6.10. The minimum absolute atomic E-state index is 0.211. The van der Waals surface area contributed by atoms with Crippen molar-refractivity contribution in [3.8, 4) is 5.75 Å². The van der Waals surface area contributed by atoms with E-state index in [1.165, 1.54) is 0 Å². The number of nitrogens with one attached hydrogen (secondary N) is 1. The van der Waals surface area contributed by atoms with Gasteiger partial charge in [0.05, 0.1) is 19.4 Å². The normalized spacial score (nSPS) is 12.3. The van der Waals surface area contributed by atoms with E-state index in [-0.39, 0.29) is 6.04 Å². The van der Waals surface area contributed by atoms with Crippen molar-refractivity contribution in [2.24, 2.45) is 5.73 Å². The molecule has 0 aliphatic rings. The molecule has 1 aromatic rings. The van der Waals surface area contributed by atoms with Gasteiger partial charge >= 0.3 is 0 Å². The van der Waals surface area contributed by atoms with Crippen LogP contribution in [0.15, 0.2) is 12.1 Å². The van der Waals surface area contributed by atoms with Crippen LogP contribution in [0.1, 0.15) is 18.4 Å². The third-order valence-electron chi connectivity index (χ3n) is 2.96. The molecule has 1 atom stereocenters. The molecule has 0 saturated carbocycles. The second kappa shape index (κ2) is 8.25. The number of hydrogen-bond donors (Lipinski definition) is 2. The van der Waals surface area contributed by atoms with Crippen molar-refractivity contribution in [3.63, 3.8) is 0 Å². The molecule has 0 aromatic heterocycles. The Morgan fingerprint density at radius 3 is 2.68 bits per heavy atom. The lowest BCUT2D eigenvalue weighted by Gasteiger charge is -2.21. The fraction of sp³-hybridized carbons (Fsp3) is 0.571. The van der Waals surface area contributed by atoms with Gasteiger partial charge in [-0.25, -0.2) is 0 Å². The molecule has 0 spiro atoms. The Morgan fingerprint density at radius 1 is 1.37 bits per heavy atom. The zero-order valence-corrected chi connectivity index (χ0v) is 12.6. The first kappa shape index (κ1) is 16.1. The summed E-state index contributed by atoms with van der Waals surface area (Å²) in [5.41, 5.74) is 7.50. The van der Waals surface area contributed by atoms with E-state index in [0.717, 1.165) is 29.8 Å². The average molecular weight is 287 g/mol. The highest BCUT2D eigenvalue weighted by molar-refractivity contribution is 6.31. The van der Waals surface area contributed by atoms with Crippen molar-refractivity contribution in [2.75, 3.05) is 32.7 Å². The third-order valence-corrected chi connectivity index (χ3v) is 3.37. The summed E-state index contributed by atoms with van der Waals surface area (Å²) >= 11 is 6.10. The molecule has 1 rings (SSSR count).